The fourth-order valence-electron chi connectivity index (χ4n) is 1.63. The highest BCUT2D eigenvalue weighted by Gasteiger charge is 2.15. The molecule has 1 atom stereocenters. The van der Waals surface area contributed by atoms with Gasteiger partial charge in [0.1, 0.15) is 0 Å². The van der Waals surface area contributed by atoms with Crippen LogP contribution in [0.3, 0.4) is 0 Å². The molecule has 0 radical (unpaired) electrons. The van der Waals surface area contributed by atoms with E-state index in [4.69, 9.17) is 5.14 Å². The van der Waals surface area contributed by atoms with Crippen molar-refractivity contribution in [1.29, 1.82) is 0 Å². The molecule has 0 aliphatic heterocycles. The molecule has 1 unspecified atom stereocenters. The Morgan fingerprint density at radius 3 is 2.68 bits per heavy atom. The Morgan fingerprint density at radius 1 is 1.53 bits per heavy atom. The van der Waals surface area contributed by atoms with Crippen molar-refractivity contribution >= 4 is 15.9 Å². The normalized spacial score (nSPS) is 12.8. The van der Waals surface area contributed by atoms with E-state index in [0.717, 1.165) is 0 Å². The van der Waals surface area contributed by atoms with Crippen molar-refractivity contribution in [2.24, 2.45) is 5.14 Å². The first-order chi connectivity index (χ1) is 8.75. The molecule has 0 fully saturated rings. The molecule has 1 rings (SSSR count). The van der Waals surface area contributed by atoms with Crippen LogP contribution in [0.2, 0.25) is 0 Å². The van der Waals surface area contributed by atoms with Gasteiger partial charge in [0, 0.05) is 11.6 Å². The van der Waals surface area contributed by atoms with Gasteiger partial charge in [-0.3, -0.25) is 4.79 Å². The van der Waals surface area contributed by atoms with E-state index in [1.165, 1.54) is 12.1 Å². The average Bonchev–Trinajstić information content (AvgIpc) is 2.27. The van der Waals surface area contributed by atoms with Crippen LogP contribution in [0.1, 0.15) is 29.3 Å². The van der Waals surface area contributed by atoms with E-state index in [1.807, 2.05) is 6.92 Å². The van der Waals surface area contributed by atoms with Crippen LogP contribution in [0.25, 0.3) is 0 Å². The predicted molar refractivity (Wildman–Crippen MR) is 74.3 cm³/mol. The monoisotopic (exact) mass is 282 g/mol. The Bertz CT molecular complexity index is 594. The number of amides is 1. The zero-order valence-corrected chi connectivity index (χ0v) is 11.8. The number of carbonyl (C=O) groups excluding carboxylic acids is 1. The van der Waals surface area contributed by atoms with E-state index in [-0.39, 0.29) is 16.8 Å². The Morgan fingerprint density at radius 2 is 2.16 bits per heavy atom. The van der Waals surface area contributed by atoms with Crippen LogP contribution >= 0.6 is 0 Å². The first-order valence-corrected chi connectivity index (χ1v) is 7.35. The van der Waals surface area contributed by atoms with Crippen molar-refractivity contribution < 1.29 is 13.2 Å². The van der Waals surface area contributed by atoms with Gasteiger partial charge < -0.3 is 5.32 Å². The Hall–Kier alpha value is -1.66. The molecule has 1 amide bonds. The van der Waals surface area contributed by atoms with Crippen LogP contribution in [0, 0.1) is 6.92 Å². The summed E-state index contributed by atoms with van der Waals surface area (Å²) in [6, 6.07) is 4.17. The smallest absolute Gasteiger partial charge is 0.251 e. The number of benzene rings is 1. The lowest BCUT2D eigenvalue weighted by Crippen LogP contribution is -2.32. The third-order valence-electron chi connectivity index (χ3n) is 2.68. The summed E-state index contributed by atoms with van der Waals surface area (Å²) < 4.78 is 22.6. The second-order valence-corrected chi connectivity index (χ2v) is 5.98. The highest BCUT2D eigenvalue weighted by Crippen LogP contribution is 2.14. The Balaban J connectivity index is 3.06. The number of nitrogens with one attached hydrogen (secondary N) is 1. The van der Waals surface area contributed by atoms with Crippen LogP contribution in [0.5, 0.6) is 0 Å². The van der Waals surface area contributed by atoms with Gasteiger partial charge in [-0.2, -0.15) is 0 Å². The molecule has 0 aromatic heterocycles. The average molecular weight is 282 g/mol. The van der Waals surface area contributed by atoms with Gasteiger partial charge in [-0.15, -0.1) is 6.58 Å². The molecular weight excluding hydrogens is 264 g/mol. The van der Waals surface area contributed by atoms with Crippen LogP contribution in [0.4, 0.5) is 0 Å². The number of rotatable bonds is 5. The number of carbonyl (C=O) groups is 1. The lowest BCUT2D eigenvalue weighted by atomic mass is 10.1. The molecule has 0 saturated carbocycles. The SMILES string of the molecule is C=CCC(C)NC(=O)c1cc(S(N)(=O)=O)ccc1C. The fraction of sp³-hybridized carbons (Fsp3) is 0.308. The number of primary sulfonamides is 1. The molecule has 1 aromatic carbocycles. The van der Waals surface area contributed by atoms with Crippen molar-refractivity contribution in [2.75, 3.05) is 0 Å². The largest absolute Gasteiger partial charge is 0.349 e. The minimum atomic E-state index is -3.81. The summed E-state index contributed by atoms with van der Waals surface area (Å²) in [6.45, 7) is 7.18. The van der Waals surface area contributed by atoms with E-state index >= 15 is 0 Å². The van der Waals surface area contributed by atoms with Crippen LogP contribution in [-0.4, -0.2) is 20.4 Å². The van der Waals surface area contributed by atoms with Crippen molar-refractivity contribution in [3.63, 3.8) is 0 Å². The van der Waals surface area contributed by atoms with E-state index in [0.29, 0.717) is 17.5 Å². The van der Waals surface area contributed by atoms with Gasteiger partial charge in [0.2, 0.25) is 10.0 Å². The first kappa shape index (κ1) is 15.4. The molecule has 1 aromatic rings. The molecule has 104 valence electrons. The van der Waals surface area contributed by atoms with Crippen LogP contribution < -0.4 is 10.5 Å². The lowest BCUT2D eigenvalue weighted by Gasteiger charge is -2.13. The van der Waals surface area contributed by atoms with Gasteiger partial charge in [0.05, 0.1) is 4.90 Å². The van der Waals surface area contributed by atoms with Crippen molar-refractivity contribution in [3.05, 3.63) is 42.0 Å². The number of hydrogen-bond acceptors (Lipinski definition) is 3. The summed E-state index contributed by atoms with van der Waals surface area (Å²) in [7, 11) is -3.81. The summed E-state index contributed by atoms with van der Waals surface area (Å²) in [4.78, 5) is 12.0. The quantitative estimate of drug-likeness (QED) is 0.799. The van der Waals surface area contributed by atoms with Gasteiger partial charge in [-0.1, -0.05) is 12.1 Å². The molecule has 6 heteroatoms. The molecule has 0 aliphatic rings. The molecule has 0 heterocycles. The van der Waals surface area contributed by atoms with Gasteiger partial charge in [-0.05, 0) is 38.0 Å². The zero-order valence-electron chi connectivity index (χ0n) is 11.0. The zero-order chi connectivity index (χ0) is 14.6. The lowest BCUT2D eigenvalue weighted by molar-refractivity contribution is 0.0939. The second kappa shape index (κ2) is 5.99. The van der Waals surface area contributed by atoms with Gasteiger partial charge in [-0.25, -0.2) is 13.6 Å². The number of sulfonamides is 1. The number of aryl methyl sites for hydroxylation is 1. The third-order valence-corrected chi connectivity index (χ3v) is 3.59. The fourth-order valence-corrected chi connectivity index (χ4v) is 2.17. The topological polar surface area (TPSA) is 89.3 Å². The highest BCUT2D eigenvalue weighted by atomic mass is 32.2. The van der Waals surface area contributed by atoms with Crippen molar-refractivity contribution in [1.82, 2.24) is 5.32 Å². The molecule has 0 bridgehead atoms. The maximum absolute atomic E-state index is 12.0. The minimum absolute atomic E-state index is 0.0671. The van der Waals surface area contributed by atoms with E-state index in [2.05, 4.69) is 11.9 Å². The maximum Gasteiger partial charge on any atom is 0.251 e. The van der Waals surface area contributed by atoms with Crippen LogP contribution in [0.15, 0.2) is 35.7 Å². The highest BCUT2D eigenvalue weighted by molar-refractivity contribution is 7.89. The second-order valence-electron chi connectivity index (χ2n) is 4.42. The molecule has 5 nitrogen and oxygen atoms in total. The van der Waals surface area contributed by atoms with Crippen molar-refractivity contribution in [3.8, 4) is 0 Å². The van der Waals surface area contributed by atoms with Crippen molar-refractivity contribution in [2.45, 2.75) is 31.2 Å². The molecule has 0 saturated heterocycles. The summed E-state index contributed by atoms with van der Waals surface area (Å²) in [6.07, 6.45) is 2.35. The minimum Gasteiger partial charge on any atom is -0.349 e. The van der Waals surface area contributed by atoms with Crippen LogP contribution in [-0.2, 0) is 10.0 Å². The molecule has 0 aliphatic carbocycles. The summed E-state index contributed by atoms with van der Waals surface area (Å²) >= 11 is 0. The Labute approximate surface area is 113 Å². The summed E-state index contributed by atoms with van der Waals surface area (Å²) in [5.74, 6) is -0.322. The van der Waals surface area contributed by atoms with Gasteiger partial charge in [0.15, 0.2) is 0 Å². The number of hydrogen-bond donors (Lipinski definition) is 2. The molecule has 19 heavy (non-hydrogen) atoms. The first-order valence-electron chi connectivity index (χ1n) is 5.81. The summed E-state index contributed by atoms with van der Waals surface area (Å²) in [5, 5.41) is 7.82. The molecular formula is C13H18N2O3S. The molecule has 3 N–H and O–H groups in total. The summed E-state index contributed by atoms with van der Waals surface area (Å²) in [5.41, 5.74) is 0.998. The van der Waals surface area contributed by atoms with Gasteiger partial charge in [0.25, 0.3) is 5.91 Å². The third kappa shape index (κ3) is 4.18. The standard InChI is InChI=1S/C13H18N2O3S/c1-4-5-10(3)15-13(16)12-8-11(19(14,17)18)7-6-9(12)2/h4,6-8,10H,1,5H2,2-3H3,(H,15,16)(H2,14,17,18). The van der Waals surface area contributed by atoms with E-state index < -0.39 is 10.0 Å². The molecule has 0 spiro atoms. The number of nitrogens with two attached hydrogens (primary N) is 1. The van der Waals surface area contributed by atoms with E-state index in [9.17, 15) is 13.2 Å². The Kier molecular flexibility index (Phi) is 4.85. The van der Waals surface area contributed by atoms with E-state index in [1.54, 1.807) is 19.1 Å². The maximum atomic E-state index is 12.0. The van der Waals surface area contributed by atoms with Gasteiger partial charge >= 0.3 is 0 Å². The predicted octanol–water partition coefficient (Wildman–Crippen LogP) is 1.34.